The minimum atomic E-state index is -0.530. The van der Waals surface area contributed by atoms with Crippen molar-refractivity contribution in [2.45, 2.75) is 12.8 Å². The van der Waals surface area contributed by atoms with Crippen molar-refractivity contribution in [3.8, 4) is 0 Å². The fourth-order valence-corrected chi connectivity index (χ4v) is 1.96. The Bertz CT molecular complexity index is 437. The van der Waals surface area contributed by atoms with Gasteiger partial charge in [-0.2, -0.15) is 4.98 Å². The van der Waals surface area contributed by atoms with Crippen LogP contribution >= 0.6 is 11.6 Å². The number of hydrogen-bond acceptors (Lipinski definition) is 6. The van der Waals surface area contributed by atoms with Gasteiger partial charge in [-0.05, 0) is 30.4 Å². The van der Waals surface area contributed by atoms with Gasteiger partial charge in [0.2, 0.25) is 11.1 Å². The van der Waals surface area contributed by atoms with Crippen molar-refractivity contribution in [3.05, 3.63) is 21.6 Å². The SMILES string of the molecule is O=[N+]([O-])c1cnc(Cl)nc1NCCC1CCOC1. The molecule has 1 aliphatic rings. The molecule has 1 aliphatic heterocycles. The highest BCUT2D eigenvalue weighted by molar-refractivity contribution is 6.28. The van der Waals surface area contributed by atoms with Gasteiger partial charge in [0, 0.05) is 19.8 Å². The maximum Gasteiger partial charge on any atom is 0.329 e. The minimum absolute atomic E-state index is 0.00713. The first-order chi connectivity index (χ1) is 8.66. The molecule has 0 amide bonds. The molecule has 0 aliphatic carbocycles. The number of hydrogen-bond donors (Lipinski definition) is 1. The number of nitrogens with one attached hydrogen (secondary N) is 1. The smallest absolute Gasteiger partial charge is 0.329 e. The van der Waals surface area contributed by atoms with Gasteiger partial charge in [-0.1, -0.05) is 0 Å². The summed E-state index contributed by atoms with van der Waals surface area (Å²) in [6.07, 6.45) is 3.03. The number of halogens is 1. The summed E-state index contributed by atoms with van der Waals surface area (Å²) >= 11 is 5.62. The molecule has 7 nitrogen and oxygen atoms in total. The Balaban J connectivity index is 1.94. The van der Waals surface area contributed by atoms with Crippen LogP contribution in [0.1, 0.15) is 12.8 Å². The Morgan fingerprint density at radius 1 is 1.67 bits per heavy atom. The standard InChI is InChI=1S/C10H13ClN4O3/c11-10-13-5-8(15(16)17)9(14-10)12-3-1-7-2-4-18-6-7/h5,7H,1-4,6H2,(H,12,13,14). The molecule has 1 fully saturated rings. The summed E-state index contributed by atoms with van der Waals surface area (Å²) in [6, 6.07) is 0. The zero-order valence-electron chi connectivity index (χ0n) is 9.63. The normalized spacial score (nSPS) is 18.8. The highest BCUT2D eigenvalue weighted by Gasteiger charge is 2.18. The van der Waals surface area contributed by atoms with Crippen molar-refractivity contribution in [1.82, 2.24) is 9.97 Å². The van der Waals surface area contributed by atoms with Gasteiger partial charge in [0.1, 0.15) is 6.20 Å². The number of anilines is 1. The quantitative estimate of drug-likeness (QED) is 0.500. The van der Waals surface area contributed by atoms with E-state index in [1.807, 2.05) is 0 Å². The lowest BCUT2D eigenvalue weighted by Crippen LogP contribution is -2.11. The third kappa shape index (κ3) is 3.27. The number of nitro groups is 1. The zero-order valence-corrected chi connectivity index (χ0v) is 10.4. The summed E-state index contributed by atoms with van der Waals surface area (Å²) in [7, 11) is 0. The van der Waals surface area contributed by atoms with Crippen LogP contribution in [0.5, 0.6) is 0 Å². The Morgan fingerprint density at radius 3 is 3.17 bits per heavy atom. The average Bonchev–Trinajstić information content (AvgIpc) is 2.82. The molecule has 1 saturated heterocycles. The van der Waals surface area contributed by atoms with Gasteiger partial charge in [0.15, 0.2) is 0 Å². The van der Waals surface area contributed by atoms with Crippen LogP contribution in [0.25, 0.3) is 0 Å². The van der Waals surface area contributed by atoms with E-state index < -0.39 is 4.92 Å². The Kier molecular flexibility index (Phi) is 4.27. The van der Waals surface area contributed by atoms with E-state index in [2.05, 4.69) is 15.3 Å². The van der Waals surface area contributed by atoms with Gasteiger partial charge in [-0.15, -0.1) is 0 Å². The third-order valence-corrected chi connectivity index (χ3v) is 2.99. The summed E-state index contributed by atoms with van der Waals surface area (Å²) in [5, 5.41) is 13.7. The van der Waals surface area contributed by atoms with E-state index in [0.717, 1.165) is 32.3 Å². The Hall–Kier alpha value is -1.47. The molecule has 1 N–H and O–H groups in total. The van der Waals surface area contributed by atoms with Gasteiger partial charge < -0.3 is 10.1 Å². The predicted octanol–water partition coefficient (Wildman–Crippen LogP) is 1.88. The lowest BCUT2D eigenvalue weighted by atomic mass is 10.1. The van der Waals surface area contributed by atoms with Crippen LogP contribution < -0.4 is 5.32 Å². The number of ether oxygens (including phenoxy) is 1. The first-order valence-corrected chi connectivity index (χ1v) is 6.03. The lowest BCUT2D eigenvalue weighted by molar-refractivity contribution is -0.384. The summed E-state index contributed by atoms with van der Waals surface area (Å²) in [6.45, 7) is 2.15. The minimum Gasteiger partial charge on any atom is -0.381 e. The van der Waals surface area contributed by atoms with Gasteiger partial charge in [0.05, 0.1) is 4.92 Å². The van der Waals surface area contributed by atoms with Crippen molar-refractivity contribution >= 4 is 23.1 Å². The fourth-order valence-electron chi connectivity index (χ4n) is 1.82. The Morgan fingerprint density at radius 2 is 2.50 bits per heavy atom. The highest BCUT2D eigenvalue weighted by atomic mass is 35.5. The van der Waals surface area contributed by atoms with Gasteiger partial charge >= 0.3 is 5.69 Å². The average molecular weight is 273 g/mol. The number of aromatic nitrogens is 2. The molecule has 0 radical (unpaired) electrons. The molecule has 1 atom stereocenters. The van der Waals surface area contributed by atoms with Crippen LogP contribution in [0, 0.1) is 16.0 Å². The molecule has 1 aromatic rings. The largest absolute Gasteiger partial charge is 0.381 e. The van der Waals surface area contributed by atoms with Crippen molar-refractivity contribution in [1.29, 1.82) is 0 Å². The molecule has 8 heteroatoms. The lowest BCUT2D eigenvalue weighted by Gasteiger charge is -2.09. The molecule has 1 aromatic heterocycles. The van der Waals surface area contributed by atoms with Crippen molar-refractivity contribution < 1.29 is 9.66 Å². The Labute approximate surface area is 109 Å². The molecular weight excluding hydrogens is 260 g/mol. The second-order valence-electron chi connectivity index (χ2n) is 4.08. The van der Waals surface area contributed by atoms with E-state index >= 15 is 0 Å². The van der Waals surface area contributed by atoms with E-state index in [1.165, 1.54) is 0 Å². The second-order valence-corrected chi connectivity index (χ2v) is 4.41. The van der Waals surface area contributed by atoms with Gasteiger partial charge in [-0.3, -0.25) is 10.1 Å². The molecule has 0 aromatic carbocycles. The van der Waals surface area contributed by atoms with Crippen molar-refractivity contribution in [2.24, 2.45) is 5.92 Å². The van der Waals surface area contributed by atoms with Crippen LogP contribution in [-0.4, -0.2) is 34.6 Å². The predicted molar refractivity (Wildman–Crippen MR) is 65.7 cm³/mol. The van der Waals surface area contributed by atoms with E-state index in [0.29, 0.717) is 12.5 Å². The van der Waals surface area contributed by atoms with Gasteiger partial charge in [-0.25, -0.2) is 4.98 Å². The van der Waals surface area contributed by atoms with E-state index in [4.69, 9.17) is 16.3 Å². The molecule has 1 unspecified atom stereocenters. The summed E-state index contributed by atoms with van der Waals surface area (Å²) in [5.41, 5.74) is -0.165. The van der Waals surface area contributed by atoms with Crippen molar-refractivity contribution in [3.63, 3.8) is 0 Å². The van der Waals surface area contributed by atoms with E-state index in [9.17, 15) is 10.1 Å². The molecular formula is C10H13ClN4O3. The molecule has 2 rings (SSSR count). The van der Waals surface area contributed by atoms with Crippen molar-refractivity contribution in [2.75, 3.05) is 25.1 Å². The summed E-state index contributed by atoms with van der Waals surface area (Å²) in [4.78, 5) is 17.7. The topological polar surface area (TPSA) is 90.2 Å². The maximum atomic E-state index is 10.8. The molecule has 2 heterocycles. The number of rotatable bonds is 5. The molecule has 0 saturated carbocycles. The monoisotopic (exact) mass is 272 g/mol. The number of nitrogens with zero attached hydrogens (tertiary/aromatic N) is 3. The van der Waals surface area contributed by atoms with E-state index in [1.54, 1.807) is 0 Å². The van der Waals surface area contributed by atoms with Crippen LogP contribution in [0.4, 0.5) is 11.5 Å². The highest BCUT2D eigenvalue weighted by Crippen LogP contribution is 2.23. The molecule has 0 spiro atoms. The molecule has 18 heavy (non-hydrogen) atoms. The van der Waals surface area contributed by atoms with Crippen LogP contribution in [-0.2, 0) is 4.74 Å². The first-order valence-electron chi connectivity index (χ1n) is 5.65. The fraction of sp³-hybridized carbons (Fsp3) is 0.600. The molecule has 98 valence electrons. The van der Waals surface area contributed by atoms with Crippen LogP contribution in [0.15, 0.2) is 6.20 Å². The van der Waals surface area contributed by atoms with E-state index in [-0.39, 0.29) is 16.8 Å². The van der Waals surface area contributed by atoms with Gasteiger partial charge in [0.25, 0.3) is 0 Å². The third-order valence-electron chi connectivity index (χ3n) is 2.81. The van der Waals surface area contributed by atoms with Crippen LogP contribution in [0.3, 0.4) is 0 Å². The maximum absolute atomic E-state index is 10.8. The molecule has 0 bridgehead atoms. The summed E-state index contributed by atoms with van der Waals surface area (Å²) < 4.78 is 5.26. The summed E-state index contributed by atoms with van der Waals surface area (Å²) in [5.74, 6) is 0.674. The van der Waals surface area contributed by atoms with Crippen LogP contribution in [0.2, 0.25) is 5.28 Å². The zero-order chi connectivity index (χ0) is 13.0. The second kappa shape index (κ2) is 5.92. The first kappa shape index (κ1) is 13.0.